The lowest BCUT2D eigenvalue weighted by atomic mass is 10.1. The Labute approximate surface area is 125 Å². The number of alkyl halides is 3. The van der Waals surface area contributed by atoms with Crippen LogP contribution in [-0.2, 0) is 23.9 Å². The Kier molecular flexibility index (Phi) is 4.25. The second-order valence-corrected chi connectivity index (χ2v) is 5.07. The van der Waals surface area contributed by atoms with Crippen LogP contribution in [0.15, 0.2) is 24.3 Å². The molecule has 1 N–H and O–H groups in total. The maximum Gasteiger partial charge on any atom is 0.416 e. The van der Waals surface area contributed by atoms with Crippen LogP contribution in [0.1, 0.15) is 28.1 Å². The molecule has 0 atom stereocenters. The third-order valence-corrected chi connectivity index (χ3v) is 3.47. The van der Waals surface area contributed by atoms with Crippen LogP contribution in [0, 0.1) is 13.8 Å². The number of carboxylic acids is 1. The summed E-state index contributed by atoms with van der Waals surface area (Å²) in [4.78, 5) is 10.8. The van der Waals surface area contributed by atoms with Gasteiger partial charge in [0.15, 0.2) is 0 Å². The highest BCUT2D eigenvalue weighted by molar-refractivity contribution is 5.70. The molecule has 0 amide bonds. The zero-order valence-corrected chi connectivity index (χ0v) is 12.1. The Morgan fingerprint density at radius 1 is 1.23 bits per heavy atom. The fourth-order valence-electron chi connectivity index (χ4n) is 2.27. The Bertz CT molecular complexity index is 688. The fourth-order valence-corrected chi connectivity index (χ4v) is 2.27. The number of rotatable bonds is 4. The minimum atomic E-state index is -4.36. The molecule has 0 bridgehead atoms. The van der Waals surface area contributed by atoms with Crippen molar-refractivity contribution in [2.45, 2.75) is 33.0 Å². The largest absolute Gasteiger partial charge is 0.481 e. The molecule has 0 fully saturated rings. The molecule has 0 aliphatic heterocycles. The van der Waals surface area contributed by atoms with Gasteiger partial charge in [0.25, 0.3) is 0 Å². The number of aromatic nitrogens is 2. The van der Waals surface area contributed by atoms with Gasteiger partial charge >= 0.3 is 12.1 Å². The predicted molar refractivity (Wildman–Crippen MR) is 73.6 cm³/mol. The van der Waals surface area contributed by atoms with Crippen LogP contribution in [0.4, 0.5) is 13.2 Å². The molecule has 2 rings (SSSR count). The van der Waals surface area contributed by atoms with Crippen molar-refractivity contribution in [1.29, 1.82) is 0 Å². The van der Waals surface area contributed by atoms with Crippen LogP contribution in [0.5, 0.6) is 0 Å². The maximum atomic E-state index is 12.5. The summed E-state index contributed by atoms with van der Waals surface area (Å²) in [6, 6.07) is 4.85. The van der Waals surface area contributed by atoms with E-state index in [1.165, 1.54) is 12.1 Å². The Hall–Kier alpha value is -2.31. The molecule has 0 saturated heterocycles. The van der Waals surface area contributed by atoms with Crippen LogP contribution in [0.3, 0.4) is 0 Å². The number of hydrogen-bond acceptors (Lipinski definition) is 2. The van der Waals surface area contributed by atoms with Crippen LogP contribution in [0.2, 0.25) is 0 Å². The molecule has 0 spiro atoms. The van der Waals surface area contributed by atoms with Crippen molar-refractivity contribution in [3.05, 3.63) is 52.3 Å². The summed E-state index contributed by atoms with van der Waals surface area (Å²) < 4.78 is 39.2. The summed E-state index contributed by atoms with van der Waals surface area (Å²) in [5.74, 6) is -0.944. The average Bonchev–Trinajstić information content (AvgIpc) is 2.66. The van der Waals surface area contributed by atoms with Gasteiger partial charge in [-0.05, 0) is 31.5 Å². The lowest BCUT2D eigenvalue weighted by Gasteiger charge is -2.09. The van der Waals surface area contributed by atoms with Gasteiger partial charge in [-0.3, -0.25) is 9.48 Å². The molecule has 0 radical (unpaired) electrons. The molecule has 0 unspecified atom stereocenters. The van der Waals surface area contributed by atoms with E-state index in [0.717, 1.165) is 12.1 Å². The van der Waals surface area contributed by atoms with Gasteiger partial charge in [0, 0.05) is 11.3 Å². The molecule has 118 valence electrons. The van der Waals surface area contributed by atoms with Crippen molar-refractivity contribution < 1.29 is 23.1 Å². The van der Waals surface area contributed by atoms with Crippen molar-refractivity contribution in [2.75, 3.05) is 0 Å². The van der Waals surface area contributed by atoms with Gasteiger partial charge < -0.3 is 5.11 Å². The highest BCUT2D eigenvalue weighted by Crippen LogP contribution is 2.29. The van der Waals surface area contributed by atoms with Gasteiger partial charge in [0.1, 0.15) is 0 Å². The summed E-state index contributed by atoms with van der Waals surface area (Å²) in [6.45, 7) is 3.77. The zero-order valence-electron chi connectivity index (χ0n) is 12.1. The molecule has 7 heteroatoms. The normalized spacial score (nSPS) is 11.7. The second-order valence-electron chi connectivity index (χ2n) is 5.07. The second kappa shape index (κ2) is 5.82. The zero-order chi connectivity index (χ0) is 16.5. The smallest absolute Gasteiger partial charge is 0.416 e. The highest BCUT2D eigenvalue weighted by atomic mass is 19.4. The van der Waals surface area contributed by atoms with Gasteiger partial charge in [0.2, 0.25) is 0 Å². The molecular weight excluding hydrogens is 297 g/mol. The Morgan fingerprint density at radius 2 is 1.82 bits per heavy atom. The topological polar surface area (TPSA) is 55.1 Å². The van der Waals surface area contributed by atoms with Crippen LogP contribution >= 0.6 is 0 Å². The molecule has 22 heavy (non-hydrogen) atoms. The number of carbonyl (C=O) groups is 1. The van der Waals surface area contributed by atoms with Gasteiger partial charge in [-0.25, -0.2) is 0 Å². The third kappa shape index (κ3) is 3.47. The van der Waals surface area contributed by atoms with E-state index in [-0.39, 0.29) is 6.42 Å². The molecular formula is C15H15F3N2O2. The summed E-state index contributed by atoms with van der Waals surface area (Å²) in [5, 5.41) is 13.1. The summed E-state index contributed by atoms with van der Waals surface area (Å²) >= 11 is 0. The van der Waals surface area contributed by atoms with E-state index in [4.69, 9.17) is 5.11 Å². The molecule has 0 aliphatic rings. The van der Waals surface area contributed by atoms with Crippen LogP contribution in [-0.4, -0.2) is 20.9 Å². The molecule has 1 heterocycles. The number of nitrogens with zero attached hydrogens (tertiary/aromatic N) is 2. The van der Waals surface area contributed by atoms with Gasteiger partial charge in [-0.15, -0.1) is 0 Å². The van der Waals surface area contributed by atoms with E-state index in [0.29, 0.717) is 29.1 Å². The number of benzene rings is 1. The first kappa shape index (κ1) is 16.1. The molecule has 1 aromatic heterocycles. The average molecular weight is 312 g/mol. The number of aryl methyl sites for hydroxylation is 1. The molecule has 4 nitrogen and oxygen atoms in total. The van der Waals surface area contributed by atoms with Crippen molar-refractivity contribution in [3.8, 4) is 0 Å². The summed E-state index contributed by atoms with van der Waals surface area (Å²) in [7, 11) is 0. The molecule has 2 aromatic rings. The summed E-state index contributed by atoms with van der Waals surface area (Å²) in [6.07, 6.45) is -4.48. The molecule has 0 saturated carbocycles. The van der Waals surface area contributed by atoms with Crippen molar-refractivity contribution in [3.63, 3.8) is 0 Å². The maximum absolute atomic E-state index is 12.5. The Morgan fingerprint density at radius 3 is 2.32 bits per heavy atom. The summed E-state index contributed by atoms with van der Waals surface area (Å²) in [5.41, 5.74) is 1.93. The number of carboxylic acid groups (broad SMARTS) is 1. The van der Waals surface area contributed by atoms with Crippen molar-refractivity contribution >= 4 is 5.97 Å². The quantitative estimate of drug-likeness (QED) is 0.943. The van der Waals surface area contributed by atoms with Crippen molar-refractivity contribution in [1.82, 2.24) is 9.78 Å². The first-order valence-corrected chi connectivity index (χ1v) is 6.59. The number of hydrogen-bond donors (Lipinski definition) is 1. The van der Waals surface area contributed by atoms with E-state index in [1.54, 1.807) is 18.5 Å². The Balaban J connectivity index is 2.23. The molecule has 0 aliphatic carbocycles. The standard InChI is InChI=1S/C15H15F3N2O2/c1-9-13(7-14(21)22)10(2)20(19-9)8-11-3-5-12(6-4-11)15(16,17)18/h3-6H,7-8H2,1-2H3,(H,21,22). The van der Waals surface area contributed by atoms with E-state index in [9.17, 15) is 18.0 Å². The van der Waals surface area contributed by atoms with Gasteiger partial charge in [-0.1, -0.05) is 12.1 Å². The van der Waals surface area contributed by atoms with E-state index in [2.05, 4.69) is 5.10 Å². The minimum Gasteiger partial charge on any atom is -0.481 e. The lowest BCUT2D eigenvalue weighted by molar-refractivity contribution is -0.138. The fraction of sp³-hybridized carbons (Fsp3) is 0.333. The van der Waals surface area contributed by atoms with Gasteiger partial charge in [0.05, 0.1) is 24.2 Å². The predicted octanol–water partition coefficient (Wildman–Crippen LogP) is 3.19. The minimum absolute atomic E-state index is 0.120. The van der Waals surface area contributed by atoms with Crippen molar-refractivity contribution in [2.24, 2.45) is 0 Å². The van der Waals surface area contributed by atoms with E-state index in [1.807, 2.05) is 0 Å². The third-order valence-electron chi connectivity index (χ3n) is 3.47. The number of aliphatic carboxylic acids is 1. The lowest BCUT2D eigenvalue weighted by Crippen LogP contribution is -2.07. The molecule has 1 aromatic carbocycles. The highest BCUT2D eigenvalue weighted by Gasteiger charge is 2.29. The van der Waals surface area contributed by atoms with Gasteiger partial charge in [-0.2, -0.15) is 18.3 Å². The SMILES string of the molecule is Cc1nn(Cc2ccc(C(F)(F)F)cc2)c(C)c1CC(=O)O. The first-order chi connectivity index (χ1) is 10.2. The number of halogens is 3. The van der Waals surface area contributed by atoms with E-state index < -0.39 is 17.7 Å². The first-order valence-electron chi connectivity index (χ1n) is 6.59. The monoisotopic (exact) mass is 312 g/mol. The van der Waals surface area contributed by atoms with E-state index >= 15 is 0 Å². The van der Waals surface area contributed by atoms with Crippen LogP contribution in [0.25, 0.3) is 0 Å². The van der Waals surface area contributed by atoms with Crippen LogP contribution < -0.4 is 0 Å².